The molecule has 0 fully saturated rings. The number of carboxylic acids is 2. The van der Waals surface area contributed by atoms with E-state index in [-0.39, 0.29) is 13.2 Å². The Morgan fingerprint density at radius 3 is 2.21 bits per heavy atom. The van der Waals surface area contributed by atoms with E-state index in [1.807, 2.05) is 6.07 Å². The minimum absolute atomic E-state index is 0.243. The molecular formula is C10H10F3NO5. The van der Waals surface area contributed by atoms with Crippen molar-refractivity contribution in [2.45, 2.75) is 12.8 Å². The van der Waals surface area contributed by atoms with Crippen LogP contribution in [0.4, 0.5) is 13.2 Å². The highest BCUT2D eigenvalue weighted by atomic mass is 19.4. The van der Waals surface area contributed by atoms with Gasteiger partial charge >= 0.3 is 18.1 Å². The van der Waals surface area contributed by atoms with Gasteiger partial charge in [0.1, 0.15) is 6.61 Å². The molecule has 0 aromatic carbocycles. The molecule has 0 atom stereocenters. The van der Waals surface area contributed by atoms with E-state index in [1.165, 1.54) is 0 Å². The molecule has 9 heteroatoms. The third-order valence-electron chi connectivity index (χ3n) is 1.44. The molecule has 106 valence electrons. The molecule has 6 nitrogen and oxygen atoms in total. The van der Waals surface area contributed by atoms with Crippen molar-refractivity contribution in [3.8, 4) is 0 Å². The molecule has 1 rings (SSSR count). The quantitative estimate of drug-likeness (QED) is 0.863. The highest BCUT2D eigenvalue weighted by Crippen LogP contribution is 2.13. The molecule has 1 heterocycles. The van der Waals surface area contributed by atoms with Crippen LogP contribution in [0, 0.1) is 0 Å². The van der Waals surface area contributed by atoms with Gasteiger partial charge in [0.25, 0.3) is 0 Å². The van der Waals surface area contributed by atoms with Crippen LogP contribution in [0.15, 0.2) is 24.4 Å². The second kappa shape index (κ2) is 8.03. The molecule has 0 spiro atoms. The normalized spacial score (nSPS) is 10.3. The summed E-state index contributed by atoms with van der Waals surface area (Å²) in [5, 5.41) is 15.4. The molecule has 0 aliphatic rings. The summed E-state index contributed by atoms with van der Waals surface area (Å²) in [5.41, 5.74) is 0.735. The van der Waals surface area contributed by atoms with Crippen LogP contribution in [0.5, 0.6) is 0 Å². The van der Waals surface area contributed by atoms with Crippen molar-refractivity contribution in [3.05, 3.63) is 30.1 Å². The number of hydrogen-bond donors (Lipinski definition) is 2. The molecular weight excluding hydrogens is 271 g/mol. The summed E-state index contributed by atoms with van der Waals surface area (Å²) >= 11 is 0. The lowest BCUT2D eigenvalue weighted by molar-refractivity contribution is -0.192. The van der Waals surface area contributed by atoms with E-state index in [0.29, 0.717) is 0 Å². The number of ether oxygens (including phenoxy) is 1. The maximum Gasteiger partial charge on any atom is 0.490 e. The van der Waals surface area contributed by atoms with Gasteiger partial charge in [-0.2, -0.15) is 13.2 Å². The zero-order valence-corrected chi connectivity index (χ0v) is 9.42. The summed E-state index contributed by atoms with van der Waals surface area (Å²) in [6, 6.07) is 5.40. The van der Waals surface area contributed by atoms with Crippen molar-refractivity contribution in [2.75, 3.05) is 6.61 Å². The Hall–Kier alpha value is -2.16. The van der Waals surface area contributed by atoms with Crippen LogP contribution < -0.4 is 0 Å². The second-order valence-electron chi connectivity index (χ2n) is 3.01. The van der Waals surface area contributed by atoms with Crippen molar-refractivity contribution in [2.24, 2.45) is 0 Å². The fraction of sp³-hybridized carbons (Fsp3) is 0.300. The summed E-state index contributed by atoms with van der Waals surface area (Å²) in [6.45, 7) is -0.0380. The third kappa shape index (κ3) is 9.53. The van der Waals surface area contributed by atoms with Crippen LogP contribution in [0.1, 0.15) is 5.69 Å². The Kier molecular flexibility index (Phi) is 7.12. The van der Waals surface area contributed by atoms with Crippen LogP contribution in [-0.4, -0.2) is 39.9 Å². The first-order chi connectivity index (χ1) is 8.73. The SMILES string of the molecule is O=C(O)C(F)(F)F.O=C(O)COCc1ccccn1. The van der Waals surface area contributed by atoms with E-state index < -0.39 is 18.1 Å². The van der Waals surface area contributed by atoms with Gasteiger partial charge < -0.3 is 14.9 Å². The van der Waals surface area contributed by atoms with Crippen molar-refractivity contribution >= 4 is 11.9 Å². The minimum atomic E-state index is -5.08. The van der Waals surface area contributed by atoms with Gasteiger partial charge in [0.2, 0.25) is 0 Å². The zero-order chi connectivity index (χ0) is 14.9. The maximum atomic E-state index is 10.6. The maximum absolute atomic E-state index is 10.6. The number of rotatable bonds is 4. The number of carbonyl (C=O) groups is 2. The Morgan fingerprint density at radius 1 is 1.26 bits per heavy atom. The van der Waals surface area contributed by atoms with Crippen LogP contribution in [0.3, 0.4) is 0 Å². The van der Waals surface area contributed by atoms with Gasteiger partial charge in [-0.3, -0.25) is 4.98 Å². The van der Waals surface area contributed by atoms with E-state index in [1.54, 1.807) is 18.3 Å². The molecule has 0 aliphatic carbocycles. The van der Waals surface area contributed by atoms with Crippen molar-refractivity contribution < 1.29 is 37.7 Å². The number of pyridine rings is 1. The fourth-order valence-corrected chi connectivity index (χ4v) is 0.726. The van der Waals surface area contributed by atoms with Gasteiger partial charge in [-0.05, 0) is 12.1 Å². The average Bonchev–Trinajstić information content (AvgIpc) is 2.29. The highest BCUT2D eigenvalue weighted by molar-refractivity contribution is 5.73. The van der Waals surface area contributed by atoms with E-state index >= 15 is 0 Å². The number of aromatic nitrogens is 1. The first kappa shape index (κ1) is 16.8. The molecule has 0 saturated carbocycles. The van der Waals surface area contributed by atoms with E-state index in [2.05, 4.69) is 4.98 Å². The van der Waals surface area contributed by atoms with Gasteiger partial charge in [0.15, 0.2) is 0 Å². The van der Waals surface area contributed by atoms with Crippen molar-refractivity contribution in [3.63, 3.8) is 0 Å². The molecule has 19 heavy (non-hydrogen) atoms. The lowest BCUT2D eigenvalue weighted by Gasteiger charge is -1.98. The second-order valence-corrected chi connectivity index (χ2v) is 3.01. The first-order valence-corrected chi connectivity index (χ1v) is 4.73. The lowest BCUT2D eigenvalue weighted by atomic mass is 10.4. The molecule has 1 aromatic rings. The first-order valence-electron chi connectivity index (χ1n) is 4.73. The van der Waals surface area contributed by atoms with Gasteiger partial charge in [-0.15, -0.1) is 0 Å². The molecule has 0 radical (unpaired) electrons. The van der Waals surface area contributed by atoms with Gasteiger partial charge in [-0.1, -0.05) is 6.07 Å². The van der Waals surface area contributed by atoms with Crippen LogP contribution in [0.25, 0.3) is 0 Å². The highest BCUT2D eigenvalue weighted by Gasteiger charge is 2.38. The number of hydrogen-bond acceptors (Lipinski definition) is 4. The summed E-state index contributed by atoms with van der Waals surface area (Å²) in [5.74, 6) is -3.72. The van der Waals surface area contributed by atoms with Gasteiger partial charge in [-0.25, -0.2) is 9.59 Å². The average molecular weight is 281 g/mol. The van der Waals surface area contributed by atoms with E-state index in [9.17, 15) is 18.0 Å². The number of alkyl halides is 3. The third-order valence-corrected chi connectivity index (χ3v) is 1.44. The molecule has 0 bridgehead atoms. The Balaban J connectivity index is 0.000000399. The number of carboxylic acid groups (broad SMARTS) is 2. The molecule has 0 amide bonds. The van der Waals surface area contributed by atoms with E-state index in [0.717, 1.165) is 5.69 Å². The standard InChI is InChI=1S/C8H9NO3.C2HF3O2/c10-8(11)6-12-5-7-3-1-2-4-9-7;3-2(4,5)1(6)7/h1-4H,5-6H2,(H,10,11);(H,6,7). The summed E-state index contributed by atoms with van der Waals surface area (Å²) in [7, 11) is 0. The Labute approximate surface area is 105 Å². The Morgan fingerprint density at radius 2 is 1.84 bits per heavy atom. The van der Waals surface area contributed by atoms with Crippen LogP contribution >= 0.6 is 0 Å². The largest absolute Gasteiger partial charge is 0.490 e. The Bertz CT molecular complexity index is 407. The predicted octanol–water partition coefficient (Wildman–Crippen LogP) is 1.32. The lowest BCUT2D eigenvalue weighted by Crippen LogP contribution is -2.21. The van der Waals surface area contributed by atoms with Crippen molar-refractivity contribution in [1.82, 2.24) is 4.98 Å². The number of aliphatic carboxylic acids is 2. The molecule has 0 aliphatic heterocycles. The number of nitrogens with zero attached hydrogens (tertiary/aromatic N) is 1. The van der Waals surface area contributed by atoms with Crippen LogP contribution in [-0.2, 0) is 20.9 Å². The minimum Gasteiger partial charge on any atom is -0.480 e. The van der Waals surface area contributed by atoms with Crippen LogP contribution in [0.2, 0.25) is 0 Å². The van der Waals surface area contributed by atoms with E-state index in [4.69, 9.17) is 19.7 Å². The molecule has 0 unspecified atom stereocenters. The topological polar surface area (TPSA) is 96.7 Å². The summed E-state index contributed by atoms with van der Waals surface area (Å²) in [6.07, 6.45) is -3.44. The summed E-state index contributed by atoms with van der Waals surface area (Å²) < 4.78 is 36.6. The molecule has 1 aromatic heterocycles. The predicted molar refractivity (Wildman–Crippen MR) is 55.2 cm³/mol. The smallest absolute Gasteiger partial charge is 0.480 e. The molecule has 2 N–H and O–H groups in total. The monoisotopic (exact) mass is 281 g/mol. The van der Waals surface area contributed by atoms with Gasteiger partial charge in [0, 0.05) is 6.20 Å². The fourth-order valence-electron chi connectivity index (χ4n) is 0.726. The molecule has 0 saturated heterocycles. The number of halogens is 3. The summed E-state index contributed by atoms with van der Waals surface area (Å²) in [4.78, 5) is 22.9. The van der Waals surface area contributed by atoms with Gasteiger partial charge in [0.05, 0.1) is 12.3 Å². The zero-order valence-electron chi connectivity index (χ0n) is 9.42. The van der Waals surface area contributed by atoms with Crippen molar-refractivity contribution in [1.29, 1.82) is 0 Å².